The van der Waals surface area contributed by atoms with Crippen LogP contribution >= 0.6 is 0 Å². The highest BCUT2D eigenvalue weighted by molar-refractivity contribution is 5.67. The van der Waals surface area contributed by atoms with E-state index in [1.807, 2.05) is 0 Å². The van der Waals surface area contributed by atoms with Gasteiger partial charge in [0.1, 0.15) is 24.9 Å². The molecule has 0 bridgehead atoms. The van der Waals surface area contributed by atoms with Gasteiger partial charge >= 0.3 is 17.9 Å². The van der Waals surface area contributed by atoms with Crippen LogP contribution in [0.2, 0.25) is 0 Å². The van der Waals surface area contributed by atoms with Gasteiger partial charge in [0.15, 0.2) is 6.10 Å². The van der Waals surface area contributed by atoms with E-state index in [2.05, 4.69) is 0 Å². The van der Waals surface area contributed by atoms with Crippen LogP contribution in [0.15, 0.2) is 0 Å². The SMILES string of the molecule is [2H]C(OC(C)=O)[C@H](OC(C)=O)[C@H](OC)[C@@H](OC)[C@H](C)OC(C)=O. The van der Waals surface area contributed by atoms with E-state index in [0.717, 1.165) is 13.8 Å². The fraction of sp³-hybridized carbons (Fsp3) is 0.786. The molecule has 8 heteroatoms. The predicted octanol–water partition coefficient (Wildman–Crippen LogP) is 0.463. The lowest BCUT2D eigenvalue weighted by molar-refractivity contribution is -0.187. The summed E-state index contributed by atoms with van der Waals surface area (Å²) < 4.78 is 33.3. The molecule has 0 aromatic carbocycles. The van der Waals surface area contributed by atoms with Gasteiger partial charge in [-0.05, 0) is 6.92 Å². The summed E-state index contributed by atoms with van der Waals surface area (Å²) in [4.78, 5) is 33.4. The second-order valence-electron chi connectivity index (χ2n) is 4.53. The molecule has 0 amide bonds. The normalized spacial score (nSPS) is 18.2. The summed E-state index contributed by atoms with van der Waals surface area (Å²) >= 11 is 0. The van der Waals surface area contributed by atoms with Crippen molar-refractivity contribution < 1.29 is 39.4 Å². The van der Waals surface area contributed by atoms with E-state index >= 15 is 0 Å². The highest BCUT2D eigenvalue weighted by Crippen LogP contribution is 2.17. The molecule has 0 rings (SSSR count). The quantitative estimate of drug-likeness (QED) is 0.446. The standard InChI is InChI=1S/C14H24O8/c1-8(21-10(3)16)13(18-5)14(19-6)12(22-11(4)17)7-20-9(2)15/h8,12-14H,7H2,1-6H3/t8-,12-,13-,14-/m0/s1/i7D/t7?,8-,12-,13-,14-. The second kappa shape index (κ2) is 10.1. The van der Waals surface area contributed by atoms with Gasteiger partial charge in [-0.3, -0.25) is 14.4 Å². The molecule has 0 radical (unpaired) electrons. The van der Waals surface area contributed by atoms with Crippen molar-refractivity contribution in [2.24, 2.45) is 0 Å². The minimum atomic E-state index is -1.52. The number of hydrogen-bond donors (Lipinski definition) is 0. The van der Waals surface area contributed by atoms with Crippen LogP contribution in [-0.4, -0.2) is 63.1 Å². The van der Waals surface area contributed by atoms with Crippen molar-refractivity contribution in [3.63, 3.8) is 0 Å². The molecule has 8 nitrogen and oxygen atoms in total. The summed E-state index contributed by atoms with van der Waals surface area (Å²) in [6.07, 6.45) is -3.86. The molecule has 22 heavy (non-hydrogen) atoms. The average Bonchev–Trinajstić information content (AvgIpc) is 2.40. The Labute approximate surface area is 131 Å². The van der Waals surface area contributed by atoms with Gasteiger partial charge in [0.2, 0.25) is 0 Å². The fourth-order valence-electron chi connectivity index (χ4n) is 1.90. The Balaban J connectivity index is 5.41. The zero-order valence-electron chi connectivity index (χ0n) is 14.7. The summed E-state index contributed by atoms with van der Waals surface area (Å²) in [5.41, 5.74) is 0. The van der Waals surface area contributed by atoms with E-state index < -0.39 is 48.9 Å². The number of ether oxygens (including phenoxy) is 5. The minimum absolute atomic E-state index is 0.527. The maximum atomic E-state index is 11.3. The lowest BCUT2D eigenvalue weighted by atomic mass is 10.0. The molecule has 0 spiro atoms. The molecule has 0 aliphatic carbocycles. The van der Waals surface area contributed by atoms with Gasteiger partial charge in [-0.15, -0.1) is 0 Å². The third-order valence-electron chi connectivity index (χ3n) is 2.68. The predicted molar refractivity (Wildman–Crippen MR) is 75.0 cm³/mol. The van der Waals surface area contributed by atoms with Crippen molar-refractivity contribution in [1.82, 2.24) is 0 Å². The van der Waals surface area contributed by atoms with Crippen LogP contribution in [0.3, 0.4) is 0 Å². The highest BCUT2D eigenvalue weighted by Gasteiger charge is 2.37. The topological polar surface area (TPSA) is 97.4 Å². The lowest BCUT2D eigenvalue weighted by Crippen LogP contribution is -2.50. The molecule has 0 fully saturated rings. The summed E-state index contributed by atoms with van der Waals surface area (Å²) in [6, 6.07) is 0. The Hall–Kier alpha value is -1.67. The van der Waals surface area contributed by atoms with Crippen molar-refractivity contribution in [1.29, 1.82) is 0 Å². The third kappa shape index (κ3) is 7.37. The fourth-order valence-corrected chi connectivity index (χ4v) is 1.90. The molecule has 0 aromatic rings. The van der Waals surface area contributed by atoms with Crippen molar-refractivity contribution in [2.45, 2.75) is 52.1 Å². The zero-order chi connectivity index (χ0) is 18.2. The van der Waals surface area contributed by atoms with Crippen LogP contribution in [0.1, 0.15) is 29.1 Å². The molecule has 0 aliphatic heterocycles. The Morgan fingerprint density at radius 2 is 1.41 bits per heavy atom. The molecular weight excluding hydrogens is 296 g/mol. The summed E-state index contributed by atoms with van der Waals surface area (Å²) in [5, 5.41) is 0. The van der Waals surface area contributed by atoms with E-state index in [1.165, 1.54) is 21.1 Å². The molecule has 1 unspecified atom stereocenters. The Bertz CT molecular complexity index is 414. The zero-order valence-corrected chi connectivity index (χ0v) is 13.7. The first kappa shape index (κ1) is 18.4. The van der Waals surface area contributed by atoms with Crippen molar-refractivity contribution in [3.05, 3.63) is 0 Å². The Morgan fingerprint density at radius 3 is 1.77 bits per heavy atom. The first-order valence-electron chi connectivity index (χ1n) is 7.21. The lowest BCUT2D eigenvalue weighted by Gasteiger charge is -2.33. The van der Waals surface area contributed by atoms with Crippen LogP contribution in [-0.2, 0) is 38.1 Å². The van der Waals surface area contributed by atoms with E-state index in [-0.39, 0.29) is 0 Å². The van der Waals surface area contributed by atoms with Gasteiger partial charge in [-0.1, -0.05) is 0 Å². The molecule has 0 aromatic heterocycles. The maximum Gasteiger partial charge on any atom is 0.303 e. The molecule has 0 aliphatic rings. The van der Waals surface area contributed by atoms with Gasteiger partial charge in [0, 0.05) is 35.0 Å². The van der Waals surface area contributed by atoms with Gasteiger partial charge in [-0.25, -0.2) is 0 Å². The number of rotatable bonds is 9. The molecule has 0 saturated carbocycles. The molecule has 0 saturated heterocycles. The van der Waals surface area contributed by atoms with E-state index in [9.17, 15) is 14.4 Å². The summed E-state index contributed by atoms with van der Waals surface area (Å²) in [6.45, 7) is 3.56. The average molecular weight is 321 g/mol. The molecule has 0 N–H and O–H groups in total. The maximum absolute atomic E-state index is 11.3. The minimum Gasteiger partial charge on any atom is -0.462 e. The molecule has 128 valence electrons. The summed E-state index contributed by atoms with van der Waals surface area (Å²) in [7, 11) is 2.67. The smallest absolute Gasteiger partial charge is 0.303 e. The van der Waals surface area contributed by atoms with E-state index in [1.54, 1.807) is 6.92 Å². The van der Waals surface area contributed by atoms with E-state index in [4.69, 9.17) is 25.1 Å². The van der Waals surface area contributed by atoms with Crippen molar-refractivity contribution in [3.8, 4) is 0 Å². The van der Waals surface area contributed by atoms with Crippen LogP contribution < -0.4 is 0 Å². The highest BCUT2D eigenvalue weighted by atomic mass is 16.6. The van der Waals surface area contributed by atoms with Crippen LogP contribution in [0, 0.1) is 0 Å². The van der Waals surface area contributed by atoms with E-state index in [0.29, 0.717) is 0 Å². The van der Waals surface area contributed by atoms with Crippen LogP contribution in [0.25, 0.3) is 0 Å². The van der Waals surface area contributed by atoms with Crippen LogP contribution in [0.4, 0.5) is 0 Å². The molecular formula is C14H24O8. The number of carbonyl (C=O) groups excluding carboxylic acids is 3. The third-order valence-corrected chi connectivity index (χ3v) is 2.68. The molecule has 5 atom stereocenters. The number of methoxy groups -OCH3 is 2. The number of esters is 3. The monoisotopic (exact) mass is 321 g/mol. The van der Waals surface area contributed by atoms with Crippen molar-refractivity contribution >= 4 is 17.9 Å². The number of carbonyl (C=O) groups is 3. The first-order valence-corrected chi connectivity index (χ1v) is 6.63. The number of hydrogen-bond acceptors (Lipinski definition) is 8. The van der Waals surface area contributed by atoms with Crippen molar-refractivity contribution in [2.75, 3.05) is 20.8 Å². The van der Waals surface area contributed by atoms with Crippen LogP contribution in [0.5, 0.6) is 0 Å². The van der Waals surface area contributed by atoms with Gasteiger partial charge < -0.3 is 23.7 Å². The summed E-state index contributed by atoms with van der Waals surface area (Å²) in [5.74, 6) is -1.92. The van der Waals surface area contributed by atoms with Gasteiger partial charge in [0.05, 0.1) is 1.37 Å². The van der Waals surface area contributed by atoms with Gasteiger partial charge in [-0.2, -0.15) is 0 Å². The second-order valence-corrected chi connectivity index (χ2v) is 4.53. The Morgan fingerprint density at radius 1 is 0.909 bits per heavy atom. The Kier molecular flexibility index (Phi) is 8.46. The largest absolute Gasteiger partial charge is 0.462 e. The molecule has 0 heterocycles. The van der Waals surface area contributed by atoms with Gasteiger partial charge in [0.25, 0.3) is 0 Å². The first-order chi connectivity index (χ1) is 10.6.